The van der Waals surface area contributed by atoms with E-state index in [1.807, 2.05) is 6.92 Å². The Hall–Kier alpha value is -2.33. The minimum Gasteiger partial charge on any atom is -0.379 e. The van der Waals surface area contributed by atoms with Crippen LogP contribution in [0.15, 0.2) is 53.4 Å². The van der Waals surface area contributed by atoms with Crippen molar-refractivity contribution in [1.29, 1.82) is 0 Å². The summed E-state index contributed by atoms with van der Waals surface area (Å²) in [5.74, 6) is -1.09. The van der Waals surface area contributed by atoms with Crippen LogP contribution >= 0.6 is 0 Å². The summed E-state index contributed by atoms with van der Waals surface area (Å²) < 4.78 is 46.5. The molecule has 0 aromatic heterocycles. The first-order valence-electron chi connectivity index (χ1n) is 11.8. The van der Waals surface area contributed by atoms with Crippen LogP contribution in [0.1, 0.15) is 30.0 Å². The zero-order valence-corrected chi connectivity index (χ0v) is 20.3. The highest BCUT2D eigenvalue weighted by Gasteiger charge is 2.34. The summed E-state index contributed by atoms with van der Waals surface area (Å²) in [5, 5.41) is 3.11. The molecule has 0 saturated carbocycles. The Morgan fingerprint density at radius 1 is 1.06 bits per heavy atom. The van der Waals surface area contributed by atoms with Gasteiger partial charge in [0.15, 0.2) is 0 Å². The van der Waals surface area contributed by atoms with E-state index in [2.05, 4.69) is 34.5 Å². The molecule has 2 aromatic carbocycles. The number of carbonyl (C=O) groups excluding carboxylic acids is 1. The van der Waals surface area contributed by atoms with E-state index in [0.717, 1.165) is 24.7 Å². The van der Waals surface area contributed by atoms with Gasteiger partial charge in [0.1, 0.15) is 10.7 Å². The summed E-state index contributed by atoms with van der Waals surface area (Å²) in [7, 11) is -3.91. The van der Waals surface area contributed by atoms with Crippen LogP contribution in [0.5, 0.6) is 0 Å². The molecule has 0 radical (unpaired) electrons. The molecule has 1 N–H and O–H groups in total. The first kappa shape index (κ1) is 24.8. The highest BCUT2D eigenvalue weighted by atomic mass is 32.2. The number of benzene rings is 2. The first-order valence-corrected chi connectivity index (χ1v) is 13.2. The van der Waals surface area contributed by atoms with Gasteiger partial charge in [-0.1, -0.05) is 42.0 Å². The summed E-state index contributed by atoms with van der Waals surface area (Å²) in [5.41, 5.74) is 2.34. The maximum Gasteiger partial charge on any atom is 0.245 e. The van der Waals surface area contributed by atoms with E-state index in [9.17, 15) is 17.6 Å². The standard InChI is InChI=1S/C25H32FN3O4S/c1-19-6-8-20(9-7-19)23(28-14-16-33-17-15-28)18-27-25(30)21-10-12-29(13-11-21)34(31,32)24-5-3-2-4-22(24)26/h2-9,21,23H,10-18H2,1H3,(H,27,30). The van der Waals surface area contributed by atoms with Crippen molar-refractivity contribution >= 4 is 15.9 Å². The molecule has 7 nitrogen and oxygen atoms in total. The molecule has 2 fully saturated rings. The number of halogens is 1. The molecule has 9 heteroatoms. The van der Waals surface area contributed by atoms with Crippen molar-refractivity contribution in [3.63, 3.8) is 0 Å². The fourth-order valence-electron chi connectivity index (χ4n) is 4.63. The molecule has 1 amide bonds. The molecule has 4 rings (SSSR count). The number of hydrogen-bond acceptors (Lipinski definition) is 5. The maximum atomic E-state index is 14.1. The predicted octanol–water partition coefficient (Wildman–Crippen LogP) is 2.72. The van der Waals surface area contributed by atoms with E-state index in [1.165, 1.54) is 28.1 Å². The molecular weight excluding hydrogens is 457 g/mol. The lowest BCUT2D eigenvalue weighted by Crippen LogP contribution is -2.46. The molecule has 2 heterocycles. The number of carbonyl (C=O) groups is 1. The number of piperidine rings is 1. The fraction of sp³-hybridized carbons (Fsp3) is 0.480. The monoisotopic (exact) mass is 489 g/mol. The van der Waals surface area contributed by atoms with Crippen LogP contribution in [0, 0.1) is 18.7 Å². The third-order valence-electron chi connectivity index (χ3n) is 6.70. The summed E-state index contributed by atoms with van der Waals surface area (Å²) in [4.78, 5) is 15.0. The van der Waals surface area contributed by atoms with Crippen LogP contribution in [0.2, 0.25) is 0 Å². The Kier molecular flexibility index (Phi) is 7.98. The number of hydrogen-bond donors (Lipinski definition) is 1. The lowest BCUT2D eigenvalue weighted by molar-refractivity contribution is -0.126. The average Bonchev–Trinajstić information content (AvgIpc) is 2.86. The second kappa shape index (κ2) is 10.9. The number of ether oxygens (including phenoxy) is 1. The Labute approximate surface area is 200 Å². The highest BCUT2D eigenvalue weighted by molar-refractivity contribution is 7.89. The number of nitrogens with one attached hydrogen (secondary N) is 1. The van der Waals surface area contributed by atoms with Crippen molar-refractivity contribution in [3.05, 3.63) is 65.5 Å². The molecule has 2 aromatic rings. The number of aryl methyl sites for hydroxylation is 1. The highest BCUT2D eigenvalue weighted by Crippen LogP contribution is 2.26. The Morgan fingerprint density at radius 2 is 1.71 bits per heavy atom. The third kappa shape index (κ3) is 5.66. The van der Waals surface area contributed by atoms with Gasteiger partial charge >= 0.3 is 0 Å². The summed E-state index contributed by atoms with van der Waals surface area (Å²) in [6.45, 7) is 5.88. The van der Waals surface area contributed by atoms with Crippen molar-refractivity contribution in [2.24, 2.45) is 5.92 Å². The van der Waals surface area contributed by atoms with E-state index < -0.39 is 15.8 Å². The van der Waals surface area contributed by atoms with Gasteiger partial charge in [0, 0.05) is 38.6 Å². The maximum absolute atomic E-state index is 14.1. The van der Waals surface area contributed by atoms with E-state index in [-0.39, 0.29) is 35.9 Å². The van der Waals surface area contributed by atoms with Crippen molar-refractivity contribution < 1.29 is 22.3 Å². The second-order valence-corrected chi connectivity index (χ2v) is 10.8. The van der Waals surface area contributed by atoms with E-state index in [4.69, 9.17) is 4.74 Å². The summed E-state index contributed by atoms with van der Waals surface area (Å²) >= 11 is 0. The van der Waals surface area contributed by atoms with Crippen LogP contribution in [0.25, 0.3) is 0 Å². The zero-order valence-electron chi connectivity index (χ0n) is 19.5. The zero-order chi connectivity index (χ0) is 24.1. The molecule has 0 bridgehead atoms. The summed E-state index contributed by atoms with van der Waals surface area (Å²) in [6, 6.07) is 13.8. The van der Waals surface area contributed by atoms with Gasteiger partial charge in [-0.3, -0.25) is 9.69 Å². The smallest absolute Gasteiger partial charge is 0.245 e. The SMILES string of the molecule is Cc1ccc(C(CNC(=O)C2CCN(S(=O)(=O)c3ccccc3F)CC2)N2CCOCC2)cc1. The van der Waals surface area contributed by atoms with Gasteiger partial charge in [0.05, 0.1) is 19.3 Å². The predicted molar refractivity (Wildman–Crippen MR) is 127 cm³/mol. The average molecular weight is 490 g/mol. The molecule has 34 heavy (non-hydrogen) atoms. The van der Waals surface area contributed by atoms with Crippen LogP contribution in [0.4, 0.5) is 4.39 Å². The van der Waals surface area contributed by atoms with E-state index >= 15 is 0 Å². The Morgan fingerprint density at radius 3 is 2.35 bits per heavy atom. The number of amides is 1. The molecule has 2 aliphatic heterocycles. The van der Waals surface area contributed by atoms with Gasteiger partial charge < -0.3 is 10.1 Å². The molecule has 2 aliphatic rings. The minimum atomic E-state index is -3.91. The van der Waals surface area contributed by atoms with Crippen LogP contribution in [0.3, 0.4) is 0 Å². The topological polar surface area (TPSA) is 79.0 Å². The van der Waals surface area contributed by atoms with E-state index in [0.29, 0.717) is 32.6 Å². The Balaban J connectivity index is 1.36. The third-order valence-corrected chi connectivity index (χ3v) is 8.63. The van der Waals surface area contributed by atoms with Gasteiger partial charge in [-0.2, -0.15) is 4.31 Å². The number of rotatable bonds is 7. The van der Waals surface area contributed by atoms with Gasteiger partial charge in [0.2, 0.25) is 15.9 Å². The van der Waals surface area contributed by atoms with Crippen LogP contribution in [-0.4, -0.2) is 69.5 Å². The summed E-state index contributed by atoms with van der Waals surface area (Å²) in [6.07, 6.45) is 0.818. The normalized spacial score (nSPS) is 19.6. The molecule has 2 saturated heterocycles. The molecule has 1 unspecified atom stereocenters. The van der Waals surface area contributed by atoms with Crippen LogP contribution in [-0.2, 0) is 19.6 Å². The molecule has 1 atom stereocenters. The largest absolute Gasteiger partial charge is 0.379 e. The number of morpholine rings is 1. The number of sulfonamides is 1. The number of nitrogens with zero attached hydrogens (tertiary/aromatic N) is 2. The second-order valence-electron chi connectivity index (χ2n) is 8.93. The van der Waals surface area contributed by atoms with Crippen molar-refractivity contribution in [1.82, 2.24) is 14.5 Å². The van der Waals surface area contributed by atoms with Gasteiger partial charge in [-0.15, -0.1) is 0 Å². The lowest BCUT2D eigenvalue weighted by Gasteiger charge is -2.35. The van der Waals surface area contributed by atoms with Crippen molar-refractivity contribution in [3.8, 4) is 0 Å². The van der Waals surface area contributed by atoms with E-state index in [1.54, 1.807) is 0 Å². The quantitative estimate of drug-likeness (QED) is 0.647. The molecule has 0 aliphatic carbocycles. The van der Waals surface area contributed by atoms with Crippen molar-refractivity contribution in [2.45, 2.75) is 30.7 Å². The molecular formula is C25H32FN3O4S. The van der Waals surface area contributed by atoms with Gasteiger partial charge in [-0.05, 0) is 37.5 Å². The van der Waals surface area contributed by atoms with Gasteiger partial charge in [-0.25, -0.2) is 12.8 Å². The first-order chi connectivity index (χ1) is 16.4. The Bertz CT molecular complexity index is 1080. The minimum absolute atomic E-state index is 0.0509. The fourth-order valence-corrected chi connectivity index (χ4v) is 6.16. The van der Waals surface area contributed by atoms with Gasteiger partial charge in [0.25, 0.3) is 0 Å². The molecule has 0 spiro atoms. The van der Waals surface area contributed by atoms with Crippen LogP contribution < -0.4 is 5.32 Å². The van der Waals surface area contributed by atoms with Crippen molar-refractivity contribution in [2.75, 3.05) is 45.9 Å². The lowest BCUT2D eigenvalue weighted by atomic mass is 9.96. The molecule has 184 valence electrons.